The van der Waals surface area contributed by atoms with Crippen LogP contribution >= 0.6 is 0 Å². The second-order valence-electron chi connectivity index (χ2n) is 7.07. The molecule has 0 amide bonds. The first-order valence-electron chi connectivity index (χ1n) is 7.88. The van der Waals surface area contributed by atoms with E-state index in [1.165, 1.54) is 0 Å². The fourth-order valence-corrected chi connectivity index (χ4v) is 4.82. The highest BCUT2D eigenvalue weighted by Crippen LogP contribution is 2.59. The molecule has 118 valence electrons. The maximum Gasteiger partial charge on any atom is 0.311 e. The summed E-state index contributed by atoms with van der Waals surface area (Å²) in [5.74, 6) is -0.949. The van der Waals surface area contributed by atoms with Crippen LogP contribution in [0.3, 0.4) is 0 Å². The molecule has 0 unspecified atom stereocenters. The summed E-state index contributed by atoms with van der Waals surface area (Å²) in [4.78, 5) is 23.5. The lowest BCUT2D eigenvalue weighted by molar-refractivity contribution is -0.565. The van der Waals surface area contributed by atoms with Crippen molar-refractivity contribution in [2.24, 2.45) is 23.7 Å². The Kier molecular flexibility index (Phi) is 2.93. The number of hydrogen-bond acceptors (Lipinski definition) is 6. The van der Waals surface area contributed by atoms with Crippen LogP contribution in [0.2, 0.25) is 0 Å². The van der Waals surface area contributed by atoms with Crippen LogP contribution in [0, 0.1) is 23.7 Å². The smallest absolute Gasteiger partial charge is 0.311 e. The van der Waals surface area contributed by atoms with E-state index >= 15 is 0 Å². The van der Waals surface area contributed by atoms with Crippen LogP contribution in [0.25, 0.3) is 0 Å². The number of esters is 1. The van der Waals surface area contributed by atoms with Gasteiger partial charge >= 0.3 is 5.97 Å². The highest BCUT2D eigenvalue weighted by molar-refractivity contribution is 5.74. The highest BCUT2D eigenvalue weighted by Gasteiger charge is 2.70. The van der Waals surface area contributed by atoms with Gasteiger partial charge in [0, 0.05) is 18.3 Å². The van der Waals surface area contributed by atoms with Gasteiger partial charge in [-0.2, -0.15) is 4.89 Å². The average Bonchev–Trinajstić information content (AvgIpc) is 2.73. The molecule has 6 nitrogen and oxygen atoms in total. The van der Waals surface area contributed by atoms with Crippen LogP contribution in [0.5, 0.6) is 0 Å². The summed E-state index contributed by atoms with van der Waals surface area (Å²) in [6, 6.07) is 0. The summed E-state index contributed by atoms with van der Waals surface area (Å²) in [6.07, 6.45) is 2.59. The molecule has 21 heavy (non-hydrogen) atoms. The van der Waals surface area contributed by atoms with Crippen molar-refractivity contribution in [2.45, 2.75) is 57.2 Å². The van der Waals surface area contributed by atoms with E-state index in [4.69, 9.17) is 19.2 Å². The second-order valence-corrected chi connectivity index (χ2v) is 7.07. The zero-order valence-corrected chi connectivity index (χ0v) is 12.4. The normalized spacial score (nSPS) is 55.6. The number of carbonyl (C=O) groups excluding carboxylic acids is 1. The van der Waals surface area contributed by atoms with E-state index in [1.54, 1.807) is 0 Å². The molecular formula is C15H22O6. The molecule has 0 aromatic heterocycles. The van der Waals surface area contributed by atoms with E-state index in [0.29, 0.717) is 12.3 Å². The van der Waals surface area contributed by atoms with Crippen LogP contribution < -0.4 is 0 Å². The highest BCUT2D eigenvalue weighted by atomic mass is 17.3. The van der Waals surface area contributed by atoms with Crippen molar-refractivity contribution in [3.8, 4) is 0 Å². The van der Waals surface area contributed by atoms with Crippen molar-refractivity contribution in [1.82, 2.24) is 0 Å². The van der Waals surface area contributed by atoms with E-state index in [1.807, 2.05) is 6.92 Å². The SMILES string of the molecule is C[C@@H]1CC[C@H]2[C@@H](C)C(=O)O[C@@H]3O[C@@]4(CO)CC[C@@H]1[C@]32OO4. The van der Waals surface area contributed by atoms with E-state index in [-0.39, 0.29) is 30.3 Å². The minimum Gasteiger partial charge on any atom is -0.432 e. The molecule has 4 aliphatic heterocycles. The predicted molar refractivity (Wildman–Crippen MR) is 69.5 cm³/mol. The molecule has 4 heterocycles. The molecule has 5 fully saturated rings. The average molecular weight is 298 g/mol. The van der Waals surface area contributed by atoms with Gasteiger partial charge in [0.15, 0.2) is 5.60 Å². The van der Waals surface area contributed by atoms with Crippen molar-refractivity contribution in [1.29, 1.82) is 0 Å². The molecule has 0 aromatic rings. The van der Waals surface area contributed by atoms with Crippen LogP contribution in [0.15, 0.2) is 0 Å². The third kappa shape index (κ3) is 1.64. The lowest BCUT2D eigenvalue weighted by Crippen LogP contribution is -2.70. The first kappa shape index (κ1) is 13.9. The summed E-state index contributed by atoms with van der Waals surface area (Å²) in [7, 11) is 0. The van der Waals surface area contributed by atoms with Crippen LogP contribution in [-0.2, 0) is 24.0 Å². The lowest BCUT2D eigenvalue weighted by atomic mass is 9.58. The number of rotatable bonds is 1. The monoisotopic (exact) mass is 298 g/mol. The van der Waals surface area contributed by atoms with Gasteiger partial charge in [-0.1, -0.05) is 13.8 Å². The lowest BCUT2D eigenvalue weighted by Gasteiger charge is -2.57. The zero-order chi connectivity index (χ0) is 14.8. The standard InChI is InChI=1S/C15H22O6/c1-8-3-4-11-9(2)12(17)18-13-15(11)10(8)5-6-14(7-16,19-13)20-21-15/h8-11,13,16H,3-7H2,1-2H3/t8-,9-,10+,11+,13-,14+,15-/m1/s1. The minimum absolute atomic E-state index is 0.0414. The Morgan fingerprint density at radius 2 is 2.00 bits per heavy atom. The Morgan fingerprint density at radius 1 is 1.19 bits per heavy atom. The summed E-state index contributed by atoms with van der Waals surface area (Å²) < 4.78 is 11.4. The Hall–Kier alpha value is -0.690. The van der Waals surface area contributed by atoms with Crippen molar-refractivity contribution in [3.63, 3.8) is 0 Å². The van der Waals surface area contributed by atoms with Gasteiger partial charge in [-0.25, -0.2) is 4.89 Å². The van der Waals surface area contributed by atoms with Crippen molar-refractivity contribution in [3.05, 3.63) is 0 Å². The number of fused-ring (bicyclic) bond motifs is 2. The third-order valence-electron chi connectivity index (χ3n) is 6.08. The van der Waals surface area contributed by atoms with E-state index in [9.17, 15) is 9.90 Å². The molecule has 6 heteroatoms. The van der Waals surface area contributed by atoms with E-state index in [0.717, 1.165) is 19.3 Å². The maximum atomic E-state index is 12.1. The minimum atomic E-state index is -1.20. The quantitative estimate of drug-likeness (QED) is 0.582. The molecule has 4 saturated heterocycles. The summed E-state index contributed by atoms with van der Waals surface area (Å²) in [6.45, 7) is 3.80. The van der Waals surface area contributed by atoms with Gasteiger partial charge in [-0.05, 0) is 25.2 Å². The van der Waals surface area contributed by atoms with E-state index in [2.05, 4.69) is 6.92 Å². The molecule has 2 bridgehead atoms. The number of carbonyl (C=O) groups is 1. The molecule has 0 radical (unpaired) electrons. The van der Waals surface area contributed by atoms with Crippen molar-refractivity contribution >= 4 is 5.97 Å². The van der Waals surface area contributed by atoms with Crippen LogP contribution in [0.1, 0.15) is 39.5 Å². The number of ether oxygens (including phenoxy) is 2. The molecule has 1 spiro atoms. The molecule has 1 saturated carbocycles. The van der Waals surface area contributed by atoms with Gasteiger partial charge in [0.25, 0.3) is 0 Å². The number of aliphatic hydroxyl groups is 1. The maximum absolute atomic E-state index is 12.1. The zero-order valence-electron chi connectivity index (χ0n) is 12.4. The summed E-state index contributed by atoms with van der Waals surface area (Å²) in [5.41, 5.74) is -0.722. The van der Waals surface area contributed by atoms with E-state index < -0.39 is 17.7 Å². The molecule has 0 aromatic carbocycles. The largest absolute Gasteiger partial charge is 0.432 e. The fraction of sp³-hybridized carbons (Fsp3) is 0.933. The van der Waals surface area contributed by atoms with Crippen LogP contribution in [0.4, 0.5) is 0 Å². The Bertz CT molecular complexity index is 467. The van der Waals surface area contributed by atoms with Gasteiger partial charge in [0.05, 0.1) is 5.92 Å². The van der Waals surface area contributed by atoms with Crippen molar-refractivity contribution < 1.29 is 29.1 Å². The molecule has 1 N–H and O–H groups in total. The molecule has 7 atom stereocenters. The van der Waals surface area contributed by atoms with Gasteiger partial charge in [-0.3, -0.25) is 4.79 Å². The molecule has 5 rings (SSSR count). The Morgan fingerprint density at radius 3 is 2.76 bits per heavy atom. The summed E-state index contributed by atoms with van der Waals surface area (Å²) in [5, 5.41) is 9.63. The predicted octanol–water partition coefficient (Wildman–Crippen LogP) is 1.37. The first-order chi connectivity index (χ1) is 10.0. The topological polar surface area (TPSA) is 74.2 Å². The van der Waals surface area contributed by atoms with Crippen LogP contribution in [-0.4, -0.2) is 35.4 Å². The third-order valence-corrected chi connectivity index (χ3v) is 6.08. The Labute approximate surface area is 123 Å². The summed E-state index contributed by atoms with van der Waals surface area (Å²) >= 11 is 0. The molecular weight excluding hydrogens is 276 g/mol. The fourth-order valence-electron chi connectivity index (χ4n) is 4.82. The Balaban J connectivity index is 1.82. The number of aliphatic hydroxyl groups excluding tert-OH is 1. The van der Waals surface area contributed by atoms with Gasteiger partial charge in [0.2, 0.25) is 12.1 Å². The van der Waals surface area contributed by atoms with Crippen molar-refractivity contribution in [2.75, 3.05) is 6.61 Å². The van der Waals surface area contributed by atoms with Gasteiger partial charge < -0.3 is 14.6 Å². The van der Waals surface area contributed by atoms with Gasteiger partial charge in [-0.15, -0.1) is 0 Å². The molecule has 5 aliphatic rings. The number of hydrogen-bond donors (Lipinski definition) is 1. The van der Waals surface area contributed by atoms with Gasteiger partial charge in [0.1, 0.15) is 6.61 Å². The first-order valence-corrected chi connectivity index (χ1v) is 7.88. The molecule has 1 aliphatic carbocycles. The second kappa shape index (κ2) is 4.41.